The summed E-state index contributed by atoms with van der Waals surface area (Å²) in [6, 6.07) is 0. The summed E-state index contributed by atoms with van der Waals surface area (Å²) < 4.78 is 32.6. The van der Waals surface area contributed by atoms with Crippen LogP contribution >= 0.6 is 7.82 Å². The van der Waals surface area contributed by atoms with Crippen LogP contribution < -0.4 is 5.73 Å². The van der Waals surface area contributed by atoms with Crippen molar-refractivity contribution >= 4 is 19.8 Å². The summed E-state index contributed by atoms with van der Waals surface area (Å²) in [6.07, 6.45) is 33.5. The molecule has 0 bridgehead atoms. The third-order valence-electron chi connectivity index (χ3n) is 7.81. The summed E-state index contributed by atoms with van der Waals surface area (Å²) >= 11 is 0. The number of unbranched alkanes of at least 4 members (excludes halogenated alkanes) is 18. The predicted molar refractivity (Wildman–Crippen MR) is 192 cm³/mol. The van der Waals surface area contributed by atoms with E-state index in [1.807, 2.05) is 0 Å². The molecule has 0 amide bonds. The van der Waals surface area contributed by atoms with E-state index < -0.39 is 32.5 Å². The van der Waals surface area contributed by atoms with E-state index in [4.69, 9.17) is 24.3 Å². The summed E-state index contributed by atoms with van der Waals surface area (Å²) in [7, 11) is -4.37. The quantitative estimate of drug-likeness (QED) is 0.0289. The van der Waals surface area contributed by atoms with Crippen LogP contribution in [0.5, 0.6) is 0 Å². The number of hydrogen-bond donors (Lipinski definition) is 2. The highest BCUT2D eigenvalue weighted by molar-refractivity contribution is 7.47. The second-order valence-electron chi connectivity index (χ2n) is 12.4. The Morgan fingerprint density at radius 3 is 1.55 bits per heavy atom. The van der Waals surface area contributed by atoms with Crippen LogP contribution in [0.2, 0.25) is 0 Å². The molecule has 3 N–H and O–H groups in total. The molecule has 0 aliphatic rings. The first-order valence-corrected chi connectivity index (χ1v) is 20.3. The van der Waals surface area contributed by atoms with Crippen molar-refractivity contribution in [3.63, 3.8) is 0 Å². The number of phosphoric ester groups is 1. The minimum absolute atomic E-state index is 0.0507. The molecule has 0 aromatic heterocycles. The van der Waals surface area contributed by atoms with Crippen molar-refractivity contribution in [1.29, 1.82) is 0 Å². The van der Waals surface area contributed by atoms with Crippen LogP contribution in [0, 0.1) is 0 Å². The smallest absolute Gasteiger partial charge is 0.462 e. The number of esters is 2. The van der Waals surface area contributed by atoms with E-state index in [0.717, 1.165) is 64.2 Å². The third kappa shape index (κ3) is 34.2. The molecule has 0 aromatic carbocycles. The average Bonchev–Trinajstić information content (AvgIpc) is 3.05. The van der Waals surface area contributed by atoms with Crippen LogP contribution in [-0.2, 0) is 32.7 Å². The number of hydrogen-bond acceptors (Lipinski definition) is 8. The highest BCUT2D eigenvalue weighted by Gasteiger charge is 2.25. The molecule has 0 spiro atoms. The minimum Gasteiger partial charge on any atom is -0.462 e. The Hall–Kier alpha value is -1.51. The molecule has 0 aliphatic heterocycles. The van der Waals surface area contributed by atoms with Crippen molar-refractivity contribution in [3.05, 3.63) is 24.3 Å². The SMILES string of the molecule is CCCCCC/C=C/CCCCCCCC(=O)OC[C@H](COP(=O)(O)OCCN)OC(=O)CCCCC/C=C/CCCCCCCC. The number of allylic oxidation sites excluding steroid dienone is 4. The normalized spacial score (nSPS) is 13.7. The van der Waals surface area contributed by atoms with E-state index in [9.17, 15) is 19.0 Å². The van der Waals surface area contributed by atoms with Crippen LogP contribution in [0.1, 0.15) is 168 Å². The zero-order valence-corrected chi connectivity index (χ0v) is 30.9. The molecule has 0 aromatic rings. The lowest BCUT2D eigenvalue weighted by molar-refractivity contribution is -0.161. The highest BCUT2D eigenvalue weighted by atomic mass is 31.2. The first-order valence-electron chi connectivity index (χ1n) is 18.8. The lowest BCUT2D eigenvalue weighted by Gasteiger charge is -2.19. The molecule has 0 saturated heterocycles. The highest BCUT2D eigenvalue weighted by Crippen LogP contribution is 2.43. The molecule has 0 radical (unpaired) electrons. The molecule has 276 valence electrons. The third-order valence-corrected chi connectivity index (χ3v) is 8.79. The molecule has 0 heterocycles. The van der Waals surface area contributed by atoms with E-state index in [0.29, 0.717) is 6.42 Å². The van der Waals surface area contributed by atoms with Crippen molar-refractivity contribution in [3.8, 4) is 0 Å². The van der Waals surface area contributed by atoms with E-state index in [2.05, 4.69) is 38.2 Å². The Morgan fingerprint density at radius 2 is 1.04 bits per heavy atom. The number of rotatable bonds is 35. The van der Waals surface area contributed by atoms with E-state index in [1.54, 1.807) is 0 Å². The summed E-state index contributed by atoms with van der Waals surface area (Å²) in [5, 5.41) is 0. The van der Waals surface area contributed by atoms with Crippen molar-refractivity contribution in [2.24, 2.45) is 5.73 Å². The van der Waals surface area contributed by atoms with Gasteiger partial charge >= 0.3 is 19.8 Å². The van der Waals surface area contributed by atoms with Crippen LogP contribution in [0.15, 0.2) is 24.3 Å². The molecule has 1 unspecified atom stereocenters. The number of ether oxygens (including phenoxy) is 2. The monoisotopic (exact) mass is 687 g/mol. The van der Waals surface area contributed by atoms with Gasteiger partial charge in [-0.05, 0) is 64.2 Å². The summed E-state index contributed by atoms with van der Waals surface area (Å²) in [5.74, 6) is -0.858. The number of carbonyl (C=O) groups excluding carboxylic acids is 2. The Kier molecular flexibility index (Phi) is 33.3. The van der Waals surface area contributed by atoms with E-state index >= 15 is 0 Å². The van der Waals surface area contributed by atoms with Gasteiger partial charge in [-0.25, -0.2) is 4.57 Å². The fourth-order valence-corrected chi connectivity index (χ4v) is 5.74. The number of nitrogens with two attached hydrogens (primary N) is 1. The molecule has 9 nitrogen and oxygen atoms in total. The maximum absolute atomic E-state index is 12.5. The first kappa shape index (κ1) is 45.5. The second kappa shape index (κ2) is 34.4. The van der Waals surface area contributed by atoms with Crippen LogP contribution in [0.3, 0.4) is 0 Å². The summed E-state index contributed by atoms with van der Waals surface area (Å²) in [4.78, 5) is 34.6. The predicted octanol–water partition coefficient (Wildman–Crippen LogP) is 10.0. The Labute approximate surface area is 287 Å². The molecule has 10 heteroatoms. The largest absolute Gasteiger partial charge is 0.472 e. The van der Waals surface area contributed by atoms with Gasteiger partial charge in [-0.15, -0.1) is 0 Å². The van der Waals surface area contributed by atoms with Gasteiger partial charge < -0.3 is 20.1 Å². The van der Waals surface area contributed by atoms with Gasteiger partial charge in [-0.2, -0.15) is 0 Å². The average molecular weight is 688 g/mol. The molecule has 2 atom stereocenters. The Balaban J connectivity index is 4.27. The standard InChI is InChI=1S/C37H70NO8P/c1-3-5-7-9-11-13-15-17-19-21-23-25-27-29-36(39)43-33-35(34-45-47(41,42)44-32-31-38)46-37(40)30-28-26-24-22-20-18-16-14-12-10-8-6-4-2/h13,15,18,20,35H,3-12,14,16-17,19,21-34,38H2,1-2H3,(H,41,42)/b15-13+,20-18+/t35-/m1/s1. The Morgan fingerprint density at radius 1 is 0.617 bits per heavy atom. The van der Waals surface area contributed by atoms with Gasteiger partial charge in [-0.3, -0.25) is 18.6 Å². The van der Waals surface area contributed by atoms with E-state index in [-0.39, 0.29) is 32.6 Å². The fourth-order valence-electron chi connectivity index (χ4n) is 4.97. The lowest BCUT2D eigenvalue weighted by atomic mass is 10.1. The van der Waals surface area contributed by atoms with E-state index in [1.165, 1.54) is 70.6 Å². The second-order valence-corrected chi connectivity index (χ2v) is 13.9. The van der Waals surface area contributed by atoms with Crippen molar-refractivity contribution in [1.82, 2.24) is 0 Å². The first-order chi connectivity index (χ1) is 22.8. The van der Waals surface area contributed by atoms with Gasteiger partial charge in [0.2, 0.25) is 0 Å². The summed E-state index contributed by atoms with van der Waals surface area (Å²) in [5.41, 5.74) is 5.32. The van der Waals surface area contributed by atoms with Gasteiger partial charge in [0.15, 0.2) is 6.10 Å². The molecule has 0 saturated carbocycles. The molecule has 0 rings (SSSR count). The van der Waals surface area contributed by atoms with Crippen molar-refractivity contribution in [2.45, 2.75) is 174 Å². The van der Waals surface area contributed by atoms with Crippen LogP contribution in [0.4, 0.5) is 0 Å². The topological polar surface area (TPSA) is 134 Å². The maximum Gasteiger partial charge on any atom is 0.472 e. The lowest BCUT2D eigenvalue weighted by Crippen LogP contribution is -2.29. The van der Waals surface area contributed by atoms with Gasteiger partial charge in [0, 0.05) is 19.4 Å². The van der Waals surface area contributed by atoms with Crippen molar-refractivity contribution in [2.75, 3.05) is 26.4 Å². The zero-order valence-electron chi connectivity index (χ0n) is 30.0. The molecule has 0 fully saturated rings. The molecule has 47 heavy (non-hydrogen) atoms. The molecular weight excluding hydrogens is 617 g/mol. The van der Waals surface area contributed by atoms with Gasteiger partial charge in [0.25, 0.3) is 0 Å². The van der Waals surface area contributed by atoms with Crippen molar-refractivity contribution < 1.29 is 37.6 Å². The number of carbonyl (C=O) groups is 2. The maximum atomic E-state index is 12.5. The molecular formula is C37H70NO8P. The fraction of sp³-hybridized carbons (Fsp3) is 0.838. The number of phosphoric acid groups is 1. The minimum atomic E-state index is -4.37. The van der Waals surface area contributed by atoms with Crippen LogP contribution in [0.25, 0.3) is 0 Å². The van der Waals surface area contributed by atoms with Gasteiger partial charge in [0.1, 0.15) is 6.61 Å². The zero-order chi connectivity index (χ0) is 34.7. The summed E-state index contributed by atoms with van der Waals surface area (Å²) in [6.45, 7) is 3.67. The Bertz CT molecular complexity index is 835. The molecule has 0 aliphatic carbocycles. The van der Waals surface area contributed by atoms with Gasteiger partial charge in [0.05, 0.1) is 13.2 Å². The van der Waals surface area contributed by atoms with Gasteiger partial charge in [-0.1, -0.05) is 115 Å². The van der Waals surface area contributed by atoms with Crippen LogP contribution in [-0.4, -0.2) is 49.3 Å².